The van der Waals surface area contributed by atoms with Crippen LogP contribution in [0.1, 0.15) is 97.0 Å². The first kappa shape index (κ1) is 46.5. The maximum Gasteiger partial charge on any atom is 0.134 e. The molecule has 9 rings (SSSR count). The van der Waals surface area contributed by atoms with Crippen molar-refractivity contribution in [2.75, 3.05) is 0 Å². The predicted molar refractivity (Wildman–Crippen MR) is 268 cm³/mol. The summed E-state index contributed by atoms with van der Waals surface area (Å²) in [6.45, 7) is 26.6. The summed E-state index contributed by atoms with van der Waals surface area (Å²) in [7, 11) is 7.18. The van der Waals surface area contributed by atoms with Gasteiger partial charge < -0.3 is 13.6 Å². The molecule has 6 heteroatoms. The first-order valence-corrected chi connectivity index (χ1v) is 26.1. The molecule has 331 valence electrons. The number of benzene rings is 4. The second-order valence-corrected chi connectivity index (χ2v) is 24.2. The number of hydrogen-bond acceptors (Lipinski definition) is 2. The van der Waals surface area contributed by atoms with Gasteiger partial charge in [0.1, 0.15) is 5.58 Å². The first-order valence-electron chi connectivity index (χ1n) is 22.6. The number of hydrogen-bond donors (Lipinski definition) is 0. The maximum absolute atomic E-state index is 6.46. The molecule has 4 nitrogen and oxygen atoms in total. The van der Waals surface area contributed by atoms with Crippen LogP contribution in [0.4, 0.5) is 0 Å². The molecule has 0 N–H and O–H groups in total. The van der Waals surface area contributed by atoms with Gasteiger partial charge in [0.25, 0.3) is 0 Å². The smallest absolute Gasteiger partial charge is 0.134 e. The van der Waals surface area contributed by atoms with Gasteiger partial charge in [-0.15, -0.1) is 29.3 Å². The van der Waals surface area contributed by atoms with Crippen molar-refractivity contribution in [3.63, 3.8) is 0 Å². The van der Waals surface area contributed by atoms with E-state index >= 15 is 0 Å². The Morgan fingerprint density at radius 3 is 1.97 bits per heavy atom. The Labute approximate surface area is 397 Å². The van der Waals surface area contributed by atoms with E-state index in [-0.39, 0.29) is 20.1 Å². The van der Waals surface area contributed by atoms with Crippen molar-refractivity contribution < 1.29 is 33.7 Å². The van der Waals surface area contributed by atoms with E-state index < -0.39 is 8.07 Å². The molecule has 4 aromatic heterocycles. The first-order chi connectivity index (χ1) is 30.0. The van der Waals surface area contributed by atoms with E-state index in [4.69, 9.17) is 4.42 Å². The summed E-state index contributed by atoms with van der Waals surface area (Å²) in [4.78, 5) is 4.47. The number of aryl methyl sites for hydroxylation is 3. The monoisotopic (exact) mass is 1040 g/mol. The summed E-state index contributed by atoms with van der Waals surface area (Å²) < 4.78 is 10.5. The average molecular weight is 1040 g/mol. The number of aromatic nitrogens is 3. The molecule has 64 heavy (non-hydrogen) atoms. The molecule has 1 radical (unpaired) electrons. The van der Waals surface area contributed by atoms with Crippen LogP contribution in [0, 0.1) is 48.7 Å². The van der Waals surface area contributed by atoms with Gasteiger partial charge in [0.2, 0.25) is 0 Å². The number of fused-ring (bicyclic) bond motifs is 3. The molecule has 0 spiro atoms. The molecular formula is C58H63IrN3OSi-2. The quantitative estimate of drug-likeness (QED) is 0.0905. The molecule has 4 heterocycles. The van der Waals surface area contributed by atoms with Gasteiger partial charge in [0.05, 0.1) is 37.4 Å². The van der Waals surface area contributed by atoms with Crippen LogP contribution in [0.15, 0.2) is 120 Å². The fraction of sp³-hybridized carbons (Fsp3) is 0.259. The number of nitrogens with zero attached hydrogens (tertiary/aromatic N) is 3. The predicted octanol–water partition coefficient (Wildman–Crippen LogP) is 14.2. The number of furan rings is 1. The van der Waals surface area contributed by atoms with E-state index in [1.807, 2.05) is 23.0 Å². The normalized spacial score (nSPS) is 13.2. The van der Waals surface area contributed by atoms with Gasteiger partial charge in [-0.3, -0.25) is 4.98 Å². The molecule has 8 aromatic rings. The Balaban J connectivity index is 0.000000197. The fourth-order valence-corrected chi connectivity index (χ4v) is 11.5. The molecule has 0 atom stereocenters. The summed E-state index contributed by atoms with van der Waals surface area (Å²) in [6.07, 6.45) is 10.9. The van der Waals surface area contributed by atoms with E-state index in [0.29, 0.717) is 11.8 Å². The zero-order chi connectivity index (χ0) is 44.7. The van der Waals surface area contributed by atoms with Crippen molar-refractivity contribution in [1.29, 1.82) is 0 Å². The largest absolute Gasteiger partial charge is 0.469 e. The van der Waals surface area contributed by atoms with Crippen LogP contribution in [-0.2, 0) is 20.1 Å². The van der Waals surface area contributed by atoms with Crippen LogP contribution in [0.25, 0.3) is 66.7 Å². The standard InChI is InChI=1S/C34H34NO.C24H29N2Si.Ir/c1-22(2)28-18-27(25-13-9-6-10-14-25)20-33-34(28)30-21-29(23(3)17-32(30)36-33)31-19-26(15-16-35(31)4)24-11-7-5-8-12-24;1-16-11-20(21-13-18(3)25-19(4)14-21)9-10-22(16)23-12-17(2)24(15-26(23)5)27(6,7)8;/h6,9-10,13-22,24H,3-5,7-8,11-12H2,1-2H3;9-15H,1,5H2,2-4,6-8H3;/q2*-1;. The second-order valence-electron chi connectivity index (χ2n) is 19.2. The molecule has 1 saturated carbocycles. The summed E-state index contributed by atoms with van der Waals surface area (Å²) in [5.41, 5.74) is 19.2. The molecule has 0 amide bonds. The SMILES string of the molecule is [CH2-]c1cc(-c2cc(C)nc(C)c2)ccc1-c1cc(C)c([Si](C)(C)C)c[n+]1[CH2-].[CH2-]c1cc2oc3cc(-c4ccccc4)cc(C(C)C)c3c2cc1-c1cc(C2CCCCC2)cc[n+]1[CH2-].[Ir]. The number of rotatable bonds is 7. The molecule has 1 aliphatic rings. The average Bonchev–Trinajstić information content (AvgIpc) is 3.61. The van der Waals surface area contributed by atoms with Crippen molar-refractivity contribution in [2.45, 2.75) is 98.2 Å². The minimum atomic E-state index is -1.39. The molecule has 1 fully saturated rings. The van der Waals surface area contributed by atoms with Crippen molar-refractivity contribution >= 4 is 35.2 Å². The van der Waals surface area contributed by atoms with Crippen LogP contribution in [0.3, 0.4) is 0 Å². The Kier molecular flexibility index (Phi) is 13.7. The third kappa shape index (κ3) is 9.61. The summed E-state index contributed by atoms with van der Waals surface area (Å²) in [5.74, 6) is 1.02. The second kappa shape index (κ2) is 18.9. The zero-order valence-electron chi connectivity index (χ0n) is 39.1. The summed E-state index contributed by atoms with van der Waals surface area (Å²) in [5, 5.41) is 3.81. The Morgan fingerprint density at radius 2 is 1.31 bits per heavy atom. The molecule has 0 saturated heterocycles. The van der Waals surface area contributed by atoms with E-state index in [0.717, 1.165) is 61.6 Å². The van der Waals surface area contributed by atoms with Crippen LogP contribution in [0.2, 0.25) is 19.6 Å². The van der Waals surface area contributed by atoms with Crippen LogP contribution in [0.5, 0.6) is 0 Å². The third-order valence-corrected chi connectivity index (χ3v) is 15.1. The van der Waals surface area contributed by atoms with E-state index in [9.17, 15) is 0 Å². The van der Waals surface area contributed by atoms with Gasteiger partial charge in [-0.1, -0.05) is 135 Å². The third-order valence-electron chi connectivity index (χ3n) is 12.9. The van der Waals surface area contributed by atoms with Crippen molar-refractivity contribution in [1.82, 2.24) is 4.98 Å². The summed E-state index contributed by atoms with van der Waals surface area (Å²) in [6, 6.07) is 37.0. The molecule has 1 aliphatic carbocycles. The van der Waals surface area contributed by atoms with Gasteiger partial charge in [0.15, 0.2) is 0 Å². The van der Waals surface area contributed by atoms with Gasteiger partial charge in [-0.05, 0) is 85.9 Å². The summed E-state index contributed by atoms with van der Waals surface area (Å²) >= 11 is 0. The van der Waals surface area contributed by atoms with E-state index in [1.54, 1.807) is 0 Å². The fourth-order valence-electron chi connectivity index (χ4n) is 9.72. The molecule has 0 unspecified atom stereocenters. The Morgan fingerprint density at radius 1 is 0.656 bits per heavy atom. The van der Waals surface area contributed by atoms with Gasteiger partial charge in [-0.25, -0.2) is 0 Å². The van der Waals surface area contributed by atoms with Crippen molar-refractivity contribution in [3.05, 3.63) is 183 Å². The van der Waals surface area contributed by atoms with E-state index in [2.05, 4.69) is 189 Å². The van der Waals surface area contributed by atoms with Gasteiger partial charge >= 0.3 is 0 Å². The topological polar surface area (TPSA) is 33.8 Å². The Hall–Kier alpha value is -5.52. The number of pyridine rings is 3. The molecule has 0 aliphatic heterocycles. The minimum Gasteiger partial charge on any atom is -0.469 e. The van der Waals surface area contributed by atoms with Gasteiger partial charge in [-0.2, -0.15) is 31.0 Å². The van der Waals surface area contributed by atoms with Crippen molar-refractivity contribution in [3.8, 4) is 44.8 Å². The maximum atomic E-state index is 6.46. The van der Waals surface area contributed by atoms with Gasteiger partial charge in [0, 0.05) is 56.4 Å². The molecule has 4 aromatic carbocycles. The van der Waals surface area contributed by atoms with Crippen LogP contribution >= 0.6 is 0 Å². The zero-order valence-corrected chi connectivity index (χ0v) is 42.5. The molecular weight excluding hydrogens is 975 g/mol. The Bertz CT molecular complexity index is 2950. The van der Waals surface area contributed by atoms with E-state index in [1.165, 1.54) is 81.6 Å². The minimum absolute atomic E-state index is 0. The van der Waals surface area contributed by atoms with Crippen molar-refractivity contribution in [2.24, 2.45) is 0 Å². The van der Waals surface area contributed by atoms with Crippen LogP contribution < -0.4 is 14.3 Å². The van der Waals surface area contributed by atoms with Crippen LogP contribution in [-0.4, -0.2) is 13.1 Å². The molecule has 0 bridgehead atoms.